The first-order chi connectivity index (χ1) is 7.75. The zero-order valence-corrected chi connectivity index (χ0v) is 8.66. The summed E-state index contributed by atoms with van der Waals surface area (Å²) in [6.45, 7) is 0. The molecule has 0 atom stereocenters. The number of aromatic amines is 1. The largest absolute Gasteiger partial charge is 0.361 e. The third-order valence-electron chi connectivity index (χ3n) is 3.32. The minimum absolute atomic E-state index is 0.175. The minimum atomic E-state index is -0.585. The number of nitriles is 1. The molecule has 0 spiro atoms. The van der Waals surface area contributed by atoms with Crippen LogP contribution in [0.15, 0.2) is 30.5 Å². The maximum Gasteiger partial charge on any atom is 0.136 e. The quantitative estimate of drug-likeness (QED) is 0.785. The molecule has 1 aromatic heterocycles. The number of rotatable bonds is 1. The van der Waals surface area contributed by atoms with Crippen molar-refractivity contribution in [3.05, 3.63) is 36.0 Å². The van der Waals surface area contributed by atoms with Gasteiger partial charge in [0.25, 0.3) is 0 Å². The highest BCUT2D eigenvalue weighted by Crippen LogP contribution is 2.43. The average Bonchev–Trinajstić information content (AvgIpc) is 2.72. The van der Waals surface area contributed by atoms with E-state index >= 15 is 0 Å². The molecular weight excluding hydrogens is 200 g/mol. The van der Waals surface area contributed by atoms with E-state index < -0.39 is 5.41 Å². The maximum absolute atomic E-state index is 11.2. The Morgan fingerprint density at radius 3 is 2.81 bits per heavy atom. The van der Waals surface area contributed by atoms with E-state index in [4.69, 9.17) is 0 Å². The average molecular weight is 210 g/mol. The lowest BCUT2D eigenvalue weighted by Crippen LogP contribution is -2.40. The number of Topliss-reactive ketones (excluding diaryl/α,β-unsaturated/α-hetero) is 1. The Hall–Kier alpha value is -2.08. The van der Waals surface area contributed by atoms with Crippen LogP contribution in [0.1, 0.15) is 18.4 Å². The summed E-state index contributed by atoms with van der Waals surface area (Å²) in [6.07, 6.45) is 2.57. The van der Waals surface area contributed by atoms with Gasteiger partial charge in [-0.15, -0.1) is 0 Å². The summed E-state index contributed by atoms with van der Waals surface area (Å²) in [5.41, 5.74) is 1.42. The van der Waals surface area contributed by atoms with Crippen molar-refractivity contribution in [2.45, 2.75) is 18.3 Å². The van der Waals surface area contributed by atoms with Crippen molar-refractivity contribution in [1.29, 1.82) is 5.26 Å². The van der Waals surface area contributed by atoms with Gasteiger partial charge in [0.05, 0.1) is 11.5 Å². The number of fused-ring (bicyclic) bond motifs is 1. The van der Waals surface area contributed by atoms with Crippen LogP contribution in [-0.2, 0) is 10.2 Å². The van der Waals surface area contributed by atoms with Crippen LogP contribution >= 0.6 is 0 Å². The van der Waals surface area contributed by atoms with Gasteiger partial charge < -0.3 is 4.98 Å². The van der Waals surface area contributed by atoms with Crippen LogP contribution < -0.4 is 0 Å². The third-order valence-corrected chi connectivity index (χ3v) is 3.32. The molecule has 16 heavy (non-hydrogen) atoms. The van der Waals surface area contributed by atoms with Crippen LogP contribution in [0.25, 0.3) is 10.9 Å². The Bertz CT molecular complexity index is 610. The number of nitrogens with one attached hydrogen (secondary N) is 1. The monoisotopic (exact) mass is 210 g/mol. The summed E-state index contributed by atoms with van der Waals surface area (Å²) in [6, 6.07) is 10.1. The molecule has 1 fully saturated rings. The van der Waals surface area contributed by atoms with Crippen molar-refractivity contribution >= 4 is 16.7 Å². The van der Waals surface area contributed by atoms with Crippen LogP contribution in [-0.4, -0.2) is 10.8 Å². The van der Waals surface area contributed by atoms with E-state index in [9.17, 15) is 10.1 Å². The van der Waals surface area contributed by atoms with E-state index in [-0.39, 0.29) is 5.78 Å². The normalized spacial score (nSPS) is 18.1. The van der Waals surface area contributed by atoms with Crippen molar-refractivity contribution in [2.75, 3.05) is 0 Å². The molecule has 78 valence electrons. The Morgan fingerprint density at radius 1 is 1.31 bits per heavy atom. The molecule has 1 saturated carbocycles. The molecular formula is C13H10N2O. The van der Waals surface area contributed by atoms with E-state index in [1.807, 2.05) is 30.5 Å². The summed E-state index contributed by atoms with van der Waals surface area (Å²) in [4.78, 5) is 14.3. The lowest BCUT2D eigenvalue weighted by atomic mass is 9.64. The molecule has 3 rings (SSSR count). The molecule has 0 radical (unpaired) electrons. The highest BCUT2D eigenvalue weighted by molar-refractivity contribution is 5.94. The molecule has 1 aliphatic carbocycles. The second kappa shape index (κ2) is 2.96. The van der Waals surface area contributed by atoms with Gasteiger partial charge in [0.15, 0.2) is 0 Å². The number of ketones is 1. The van der Waals surface area contributed by atoms with E-state index in [0.29, 0.717) is 12.8 Å². The van der Waals surface area contributed by atoms with Gasteiger partial charge in [-0.1, -0.05) is 12.1 Å². The van der Waals surface area contributed by atoms with Crippen molar-refractivity contribution in [3.8, 4) is 6.07 Å². The lowest BCUT2D eigenvalue weighted by Gasteiger charge is -2.34. The highest BCUT2D eigenvalue weighted by Gasteiger charge is 2.46. The van der Waals surface area contributed by atoms with Gasteiger partial charge in [0.2, 0.25) is 0 Å². The number of nitrogens with zero attached hydrogens (tertiary/aromatic N) is 1. The molecule has 3 nitrogen and oxygen atoms in total. The summed E-state index contributed by atoms with van der Waals surface area (Å²) >= 11 is 0. The number of aromatic nitrogens is 1. The molecule has 2 aromatic rings. The van der Waals surface area contributed by atoms with Gasteiger partial charge >= 0.3 is 0 Å². The molecule has 0 amide bonds. The number of hydrogen-bond donors (Lipinski definition) is 1. The van der Waals surface area contributed by atoms with E-state index in [1.165, 1.54) is 0 Å². The lowest BCUT2D eigenvalue weighted by molar-refractivity contribution is -0.126. The second-order valence-electron chi connectivity index (χ2n) is 4.33. The van der Waals surface area contributed by atoms with Crippen LogP contribution in [0.4, 0.5) is 0 Å². The van der Waals surface area contributed by atoms with Crippen LogP contribution in [0.5, 0.6) is 0 Å². The van der Waals surface area contributed by atoms with E-state index in [2.05, 4.69) is 11.1 Å². The first kappa shape index (κ1) is 9.17. The number of hydrogen-bond acceptors (Lipinski definition) is 2. The van der Waals surface area contributed by atoms with Crippen molar-refractivity contribution in [3.63, 3.8) is 0 Å². The molecule has 0 saturated heterocycles. The molecule has 1 N–H and O–H groups in total. The van der Waals surface area contributed by atoms with Gasteiger partial charge in [0.1, 0.15) is 5.78 Å². The number of H-pyrrole nitrogens is 1. The number of carbonyl (C=O) groups excluding carboxylic acids is 1. The Labute approximate surface area is 92.7 Å². The number of carbonyl (C=O) groups is 1. The maximum atomic E-state index is 11.2. The first-order valence-corrected chi connectivity index (χ1v) is 5.25. The third kappa shape index (κ3) is 1.04. The van der Waals surface area contributed by atoms with Gasteiger partial charge in [-0.3, -0.25) is 4.79 Å². The molecule has 1 aromatic carbocycles. The van der Waals surface area contributed by atoms with Crippen LogP contribution in [0, 0.1) is 11.3 Å². The van der Waals surface area contributed by atoms with Crippen LogP contribution in [0.2, 0.25) is 0 Å². The van der Waals surface area contributed by atoms with Gasteiger partial charge in [-0.25, -0.2) is 0 Å². The molecule has 1 heterocycles. The van der Waals surface area contributed by atoms with Gasteiger partial charge in [-0.2, -0.15) is 5.26 Å². The summed E-state index contributed by atoms with van der Waals surface area (Å²) in [5, 5.41) is 10.3. The zero-order chi connectivity index (χ0) is 11.2. The highest BCUT2D eigenvalue weighted by atomic mass is 16.1. The van der Waals surface area contributed by atoms with Crippen molar-refractivity contribution < 1.29 is 4.79 Å². The van der Waals surface area contributed by atoms with Crippen molar-refractivity contribution in [2.24, 2.45) is 0 Å². The molecule has 3 heteroatoms. The topological polar surface area (TPSA) is 56.6 Å². The van der Waals surface area contributed by atoms with Crippen molar-refractivity contribution in [1.82, 2.24) is 4.98 Å². The van der Waals surface area contributed by atoms with E-state index in [1.54, 1.807) is 0 Å². The summed E-state index contributed by atoms with van der Waals surface area (Å²) in [5.74, 6) is 0.175. The van der Waals surface area contributed by atoms with Gasteiger partial charge in [-0.05, 0) is 17.7 Å². The predicted octanol–water partition coefficient (Wildman–Crippen LogP) is 2.29. The molecule has 0 bridgehead atoms. The Kier molecular flexibility index (Phi) is 1.69. The summed E-state index contributed by atoms with van der Waals surface area (Å²) in [7, 11) is 0. The SMILES string of the molecule is N#CC1(c2cccc3[nH]ccc23)CC(=O)C1. The minimum Gasteiger partial charge on any atom is -0.361 e. The predicted molar refractivity (Wildman–Crippen MR) is 59.8 cm³/mol. The zero-order valence-electron chi connectivity index (χ0n) is 8.66. The standard InChI is InChI=1S/C13H10N2O/c14-8-13(6-9(16)7-13)11-2-1-3-12-10(11)4-5-15-12/h1-5,15H,6-7H2. The fourth-order valence-corrected chi connectivity index (χ4v) is 2.45. The Morgan fingerprint density at radius 2 is 2.12 bits per heavy atom. The summed E-state index contributed by atoms with van der Waals surface area (Å²) < 4.78 is 0. The molecule has 0 aliphatic heterocycles. The van der Waals surface area contributed by atoms with Crippen LogP contribution in [0.3, 0.4) is 0 Å². The smallest absolute Gasteiger partial charge is 0.136 e. The molecule has 0 unspecified atom stereocenters. The van der Waals surface area contributed by atoms with Gasteiger partial charge in [0, 0.05) is 29.9 Å². The fourth-order valence-electron chi connectivity index (χ4n) is 2.45. The first-order valence-electron chi connectivity index (χ1n) is 5.25. The second-order valence-corrected chi connectivity index (χ2v) is 4.33. The fraction of sp³-hybridized carbons (Fsp3) is 0.231. The molecule has 1 aliphatic rings. The van der Waals surface area contributed by atoms with E-state index in [0.717, 1.165) is 16.5 Å². The Balaban J connectivity index is 2.23. The number of benzene rings is 1.